The number of amides is 1. The molecule has 0 saturated carbocycles. The third-order valence-electron chi connectivity index (χ3n) is 1.46. The van der Waals surface area contributed by atoms with Gasteiger partial charge in [-0.1, -0.05) is 12.7 Å². The van der Waals surface area contributed by atoms with Crippen LogP contribution < -0.4 is 5.32 Å². The van der Waals surface area contributed by atoms with Crippen LogP contribution >= 0.6 is 11.3 Å². The normalized spacial score (nSPS) is 9.33. The molecule has 0 unspecified atom stereocenters. The molecule has 0 aliphatic heterocycles. The van der Waals surface area contributed by atoms with Crippen LogP contribution in [0.2, 0.25) is 0 Å². The first-order valence-corrected chi connectivity index (χ1v) is 4.93. The molecule has 2 N–H and O–H groups in total. The molecular weight excluding hydrogens is 218 g/mol. The van der Waals surface area contributed by atoms with Gasteiger partial charge in [-0.05, 0) is 0 Å². The predicted octanol–water partition coefficient (Wildman–Crippen LogP) is 2.18. The highest BCUT2D eigenvalue weighted by Crippen LogP contribution is 2.20. The number of anilines is 1. The number of aromatic carboxylic acids is 1. The van der Waals surface area contributed by atoms with Crippen LogP contribution in [0.5, 0.6) is 0 Å². The second-order valence-electron chi connectivity index (χ2n) is 2.52. The summed E-state index contributed by atoms with van der Waals surface area (Å²) in [7, 11) is 0. The average Bonchev–Trinajstić information content (AvgIpc) is 2.62. The van der Waals surface area contributed by atoms with E-state index in [-0.39, 0.29) is 17.9 Å². The molecule has 1 rings (SSSR count). The molecule has 0 aliphatic carbocycles. The summed E-state index contributed by atoms with van der Waals surface area (Å²) in [6.07, 6.45) is 0.724. The Morgan fingerprint density at radius 2 is 2.33 bits per heavy atom. The highest BCUT2D eigenvalue weighted by Gasteiger charge is 2.13. The van der Waals surface area contributed by atoms with Crippen molar-refractivity contribution in [1.82, 2.24) is 0 Å². The van der Waals surface area contributed by atoms with E-state index in [0.717, 1.165) is 0 Å². The third kappa shape index (κ3) is 3.10. The summed E-state index contributed by atoms with van der Waals surface area (Å²) in [6.45, 7) is 3.46. The summed E-state index contributed by atoms with van der Waals surface area (Å²) in [5.41, 5.74) is 0.289. The fourth-order valence-electron chi connectivity index (χ4n) is 0.840. The zero-order chi connectivity index (χ0) is 11.3. The van der Waals surface area contributed by atoms with Gasteiger partial charge in [-0.25, -0.2) is 9.59 Å². The van der Waals surface area contributed by atoms with Gasteiger partial charge in [0.2, 0.25) is 0 Å². The number of rotatable bonds is 4. The minimum Gasteiger partial charge on any atom is -0.478 e. The minimum atomic E-state index is -1.09. The fraction of sp³-hybridized carbons (Fsp3) is 0.111. The molecule has 6 heteroatoms. The second-order valence-corrected chi connectivity index (χ2v) is 3.26. The van der Waals surface area contributed by atoms with Gasteiger partial charge in [-0.15, -0.1) is 11.3 Å². The van der Waals surface area contributed by atoms with E-state index in [4.69, 9.17) is 5.11 Å². The summed E-state index contributed by atoms with van der Waals surface area (Å²) in [5.74, 6) is -1.09. The Hall–Kier alpha value is -1.82. The van der Waals surface area contributed by atoms with Gasteiger partial charge >= 0.3 is 12.1 Å². The van der Waals surface area contributed by atoms with Crippen molar-refractivity contribution in [3.63, 3.8) is 0 Å². The van der Waals surface area contributed by atoms with E-state index in [1.165, 1.54) is 28.2 Å². The van der Waals surface area contributed by atoms with E-state index in [1.54, 1.807) is 0 Å². The summed E-state index contributed by atoms with van der Waals surface area (Å²) < 4.78 is 4.64. The van der Waals surface area contributed by atoms with Crippen molar-refractivity contribution in [2.24, 2.45) is 0 Å². The number of carbonyl (C=O) groups is 2. The highest BCUT2D eigenvalue weighted by molar-refractivity contribution is 7.08. The molecule has 80 valence electrons. The third-order valence-corrected chi connectivity index (χ3v) is 2.20. The molecule has 0 aromatic carbocycles. The van der Waals surface area contributed by atoms with E-state index < -0.39 is 12.1 Å². The molecule has 0 spiro atoms. The van der Waals surface area contributed by atoms with Gasteiger partial charge in [0.05, 0.1) is 11.3 Å². The first-order valence-electron chi connectivity index (χ1n) is 3.99. The Bertz CT molecular complexity index is 385. The van der Waals surface area contributed by atoms with Gasteiger partial charge in [0, 0.05) is 10.8 Å². The summed E-state index contributed by atoms with van der Waals surface area (Å²) >= 11 is 1.19. The van der Waals surface area contributed by atoms with Crippen LogP contribution in [0.3, 0.4) is 0 Å². The number of thiophene rings is 1. The highest BCUT2D eigenvalue weighted by atomic mass is 32.1. The average molecular weight is 227 g/mol. The van der Waals surface area contributed by atoms with Gasteiger partial charge in [0.25, 0.3) is 0 Å². The summed E-state index contributed by atoms with van der Waals surface area (Å²) in [4.78, 5) is 21.8. The van der Waals surface area contributed by atoms with Gasteiger partial charge in [-0.3, -0.25) is 5.32 Å². The van der Waals surface area contributed by atoms with Crippen LogP contribution in [0, 0.1) is 0 Å². The zero-order valence-corrected chi connectivity index (χ0v) is 8.54. The van der Waals surface area contributed by atoms with Crippen LogP contribution in [0.1, 0.15) is 10.4 Å². The van der Waals surface area contributed by atoms with Gasteiger partial charge < -0.3 is 9.84 Å². The number of hydrogen-bond acceptors (Lipinski definition) is 4. The molecule has 5 nitrogen and oxygen atoms in total. The van der Waals surface area contributed by atoms with Crippen molar-refractivity contribution in [3.8, 4) is 0 Å². The molecule has 0 aliphatic rings. The quantitative estimate of drug-likeness (QED) is 0.773. The number of hydrogen-bond donors (Lipinski definition) is 2. The van der Waals surface area contributed by atoms with E-state index in [1.807, 2.05) is 0 Å². The predicted molar refractivity (Wildman–Crippen MR) is 56.4 cm³/mol. The van der Waals surface area contributed by atoms with Crippen LogP contribution in [-0.2, 0) is 4.74 Å². The molecule has 0 bridgehead atoms. The molecule has 1 heterocycles. The molecule has 0 atom stereocenters. The Balaban J connectivity index is 2.64. The molecule has 1 amide bonds. The monoisotopic (exact) mass is 227 g/mol. The topological polar surface area (TPSA) is 75.6 Å². The van der Waals surface area contributed by atoms with Crippen molar-refractivity contribution in [2.75, 3.05) is 11.9 Å². The van der Waals surface area contributed by atoms with Crippen molar-refractivity contribution in [2.45, 2.75) is 0 Å². The van der Waals surface area contributed by atoms with Crippen LogP contribution in [0.25, 0.3) is 0 Å². The standard InChI is InChI=1S/C9H9NO4S/c1-2-3-14-9(13)10-7-5-15-4-6(7)8(11)12/h2,4-5H,1,3H2,(H,10,13)(H,11,12). The van der Waals surface area contributed by atoms with Crippen LogP contribution in [0.4, 0.5) is 10.5 Å². The molecule has 0 fully saturated rings. The lowest BCUT2D eigenvalue weighted by molar-refractivity contribution is 0.0698. The van der Waals surface area contributed by atoms with E-state index in [9.17, 15) is 9.59 Å². The maximum atomic E-state index is 11.1. The van der Waals surface area contributed by atoms with Gasteiger partial charge in [-0.2, -0.15) is 0 Å². The number of nitrogens with one attached hydrogen (secondary N) is 1. The Morgan fingerprint density at radius 3 is 2.93 bits per heavy atom. The lowest BCUT2D eigenvalue weighted by atomic mass is 10.3. The van der Waals surface area contributed by atoms with Crippen LogP contribution in [0.15, 0.2) is 23.4 Å². The smallest absolute Gasteiger partial charge is 0.411 e. The van der Waals surface area contributed by atoms with Crippen molar-refractivity contribution >= 4 is 29.1 Å². The number of carboxylic acid groups (broad SMARTS) is 1. The minimum absolute atomic E-state index is 0.0514. The molecule has 1 aromatic rings. The molecule has 0 radical (unpaired) electrons. The maximum Gasteiger partial charge on any atom is 0.411 e. The van der Waals surface area contributed by atoms with Gasteiger partial charge in [0.1, 0.15) is 6.61 Å². The number of carboxylic acids is 1. The van der Waals surface area contributed by atoms with Gasteiger partial charge in [0.15, 0.2) is 0 Å². The Morgan fingerprint density at radius 1 is 1.60 bits per heavy atom. The number of ether oxygens (including phenoxy) is 1. The first kappa shape index (κ1) is 11.3. The fourth-order valence-corrected chi connectivity index (χ4v) is 1.59. The number of carbonyl (C=O) groups excluding carboxylic acids is 1. The van der Waals surface area contributed by atoms with E-state index >= 15 is 0 Å². The molecule has 15 heavy (non-hydrogen) atoms. The van der Waals surface area contributed by atoms with Crippen molar-refractivity contribution < 1.29 is 19.4 Å². The zero-order valence-electron chi connectivity index (χ0n) is 7.73. The largest absolute Gasteiger partial charge is 0.478 e. The van der Waals surface area contributed by atoms with Crippen LogP contribution in [-0.4, -0.2) is 23.8 Å². The Kier molecular flexibility index (Phi) is 3.87. The molecule has 0 saturated heterocycles. The maximum absolute atomic E-state index is 11.1. The van der Waals surface area contributed by atoms with E-state index in [0.29, 0.717) is 0 Å². The Labute approximate surface area is 90.0 Å². The van der Waals surface area contributed by atoms with E-state index in [2.05, 4.69) is 16.6 Å². The second kappa shape index (κ2) is 5.16. The van der Waals surface area contributed by atoms with Crippen molar-refractivity contribution in [1.29, 1.82) is 0 Å². The summed E-state index contributed by atoms with van der Waals surface area (Å²) in [6, 6.07) is 0. The summed E-state index contributed by atoms with van der Waals surface area (Å²) in [5, 5.41) is 14.0. The van der Waals surface area contributed by atoms with Crippen molar-refractivity contribution in [3.05, 3.63) is 29.0 Å². The molecule has 1 aromatic heterocycles. The lowest BCUT2D eigenvalue weighted by Gasteiger charge is -2.03. The SMILES string of the molecule is C=CCOC(=O)Nc1cscc1C(=O)O. The first-order chi connectivity index (χ1) is 7.15. The molecular formula is C9H9NO4S. The lowest BCUT2D eigenvalue weighted by Crippen LogP contribution is -2.15.